The number of aryl methyl sites for hydroxylation is 1. The molecule has 0 saturated heterocycles. The van der Waals surface area contributed by atoms with E-state index in [1.165, 1.54) is 12.1 Å². The van der Waals surface area contributed by atoms with Crippen LogP contribution in [0.3, 0.4) is 0 Å². The molecule has 3 nitrogen and oxygen atoms in total. The molecule has 0 radical (unpaired) electrons. The van der Waals surface area contributed by atoms with Gasteiger partial charge in [0, 0.05) is 0 Å². The van der Waals surface area contributed by atoms with E-state index in [4.69, 9.17) is 5.11 Å². The molecule has 0 aromatic heterocycles. The molecular weight excluding hydrogens is 266 g/mol. The van der Waals surface area contributed by atoms with Gasteiger partial charge in [-0.3, -0.25) is 0 Å². The van der Waals surface area contributed by atoms with Gasteiger partial charge in [-0.15, -0.1) is 0 Å². The number of rotatable bonds is 3. The van der Waals surface area contributed by atoms with Gasteiger partial charge in [0.15, 0.2) is 0 Å². The number of phenolic OH excluding ortho intramolecular Hbond substituents is 1. The van der Waals surface area contributed by atoms with Gasteiger partial charge >= 0.3 is 0 Å². The van der Waals surface area contributed by atoms with Gasteiger partial charge in [0.05, 0.1) is 12.2 Å². The predicted octanol–water partition coefficient (Wildman–Crippen LogP) is 2.55. The average Bonchev–Trinajstić information content (AvgIpc) is 2.40. The smallest absolute Gasteiger partial charge is 0.133 e. The van der Waals surface area contributed by atoms with Crippen molar-refractivity contribution in [3.05, 3.63) is 64.2 Å². The van der Waals surface area contributed by atoms with Gasteiger partial charge in [-0.25, -0.2) is 8.78 Å². The second-order valence-electron chi connectivity index (χ2n) is 4.58. The maximum atomic E-state index is 13.9. The Hall–Kier alpha value is -1.98. The first-order valence-corrected chi connectivity index (χ1v) is 6.00. The SMILES string of the molecule is Cc1ccc(C(O)c2c(O)cc(CO)cc2F)cc1F. The average molecular weight is 280 g/mol. The fourth-order valence-electron chi connectivity index (χ4n) is 1.97. The van der Waals surface area contributed by atoms with Crippen molar-refractivity contribution in [1.82, 2.24) is 0 Å². The highest BCUT2D eigenvalue weighted by Gasteiger charge is 2.21. The zero-order chi connectivity index (χ0) is 14.9. The summed E-state index contributed by atoms with van der Waals surface area (Å²) in [5.41, 5.74) is 0.386. The molecule has 1 unspecified atom stereocenters. The number of aliphatic hydroxyl groups is 2. The van der Waals surface area contributed by atoms with Gasteiger partial charge in [-0.1, -0.05) is 12.1 Å². The van der Waals surface area contributed by atoms with Crippen molar-refractivity contribution in [2.24, 2.45) is 0 Å². The van der Waals surface area contributed by atoms with E-state index >= 15 is 0 Å². The van der Waals surface area contributed by atoms with E-state index in [0.717, 1.165) is 18.2 Å². The Morgan fingerprint density at radius 1 is 1.10 bits per heavy atom. The summed E-state index contributed by atoms with van der Waals surface area (Å²) in [5.74, 6) is -1.86. The third-order valence-corrected chi connectivity index (χ3v) is 3.14. The van der Waals surface area contributed by atoms with E-state index in [9.17, 15) is 19.0 Å². The highest BCUT2D eigenvalue weighted by molar-refractivity contribution is 5.43. The summed E-state index contributed by atoms with van der Waals surface area (Å²) in [4.78, 5) is 0. The number of hydrogen-bond acceptors (Lipinski definition) is 3. The number of benzene rings is 2. The van der Waals surface area contributed by atoms with Crippen LogP contribution < -0.4 is 0 Å². The molecule has 0 saturated carbocycles. The van der Waals surface area contributed by atoms with Gasteiger partial charge < -0.3 is 15.3 Å². The molecule has 0 aliphatic heterocycles. The van der Waals surface area contributed by atoms with Crippen LogP contribution in [0.2, 0.25) is 0 Å². The fraction of sp³-hybridized carbons (Fsp3) is 0.200. The number of aromatic hydroxyl groups is 1. The van der Waals surface area contributed by atoms with E-state index in [0.29, 0.717) is 5.56 Å². The second-order valence-corrected chi connectivity index (χ2v) is 4.58. The van der Waals surface area contributed by atoms with Crippen LogP contribution in [0.5, 0.6) is 5.75 Å². The Morgan fingerprint density at radius 2 is 1.80 bits per heavy atom. The largest absolute Gasteiger partial charge is 0.507 e. The normalized spacial score (nSPS) is 12.4. The van der Waals surface area contributed by atoms with Crippen LogP contribution in [-0.2, 0) is 6.61 Å². The van der Waals surface area contributed by atoms with Crippen LogP contribution in [0.4, 0.5) is 8.78 Å². The third kappa shape index (κ3) is 2.64. The Morgan fingerprint density at radius 3 is 2.35 bits per heavy atom. The second kappa shape index (κ2) is 5.56. The highest BCUT2D eigenvalue weighted by atomic mass is 19.1. The summed E-state index contributed by atoms with van der Waals surface area (Å²) in [7, 11) is 0. The lowest BCUT2D eigenvalue weighted by Gasteiger charge is -2.15. The van der Waals surface area contributed by atoms with Crippen LogP contribution in [0.1, 0.15) is 28.4 Å². The number of phenols is 1. The fourth-order valence-corrected chi connectivity index (χ4v) is 1.97. The molecule has 0 fully saturated rings. The molecule has 0 spiro atoms. The molecule has 0 bridgehead atoms. The van der Waals surface area contributed by atoms with Crippen molar-refractivity contribution in [2.75, 3.05) is 0 Å². The molecule has 1 atom stereocenters. The number of hydrogen-bond donors (Lipinski definition) is 3. The lowest BCUT2D eigenvalue weighted by Crippen LogP contribution is -2.05. The first-order valence-electron chi connectivity index (χ1n) is 6.00. The molecule has 0 aliphatic rings. The zero-order valence-corrected chi connectivity index (χ0v) is 10.8. The van der Waals surface area contributed by atoms with Gasteiger partial charge in [-0.05, 0) is 41.8 Å². The van der Waals surface area contributed by atoms with Crippen LogP contribution in [0.15, 0.2) is 30.3 Å². The van der Waals surface area contributed by atoms with Crippen LogP contribution in [0.25, 0.3) is 0 Å². The standard InChI is InChI=1S/C15H14F2O3/c1-8-2-3-10(6-11(8)16)15(20)14-12(17)4-9(7-18)5-13(14)19/h2-6,15,18-20H,7H2,1H3. The van der Waals surface area contributed by atoms with Crippen molar-refractivity contribution < 1.29 is 24.1 Å². The molecular formula is C15H14F2O3. The Kier molecular flexibility index (Phi) is 4.01. The molecule has 3 N–H and O–H groups in total. The molecule has 2 aromatic carbocycles. The van der Waals surface area contributed by atoms with Crippen LogP contribution in [-0.4, -0.2) is 15.3 Å². The molecule has 5 heteroatoms. The van der Waals surface area contributed by atoms with Crippen LogP contribution in [0, 0.1) is 18.6 Å². The van der Waals surface area contributed by atoms with Gasteiger partial charge in [0.25, 0.3) is 0 Å². The lowest BCUT2D eigenvalue weighted by molar-refractivity contribution is 0.208. The summed E-state index contributed by atoms with van der Waals surface area (Å²) in [6.45, 7) is 1.14. The maximum Gasteiger partial charge on any atom is 0.133 e. The van der Waals surface area contributed by atoms with Crippen molar-refractivity contribution in [1.29, 1.82) is 0 Å². The lowest BCUT2D eigenvalue weighted by atomic mass is 9.97. The Bertz CT molecular complexity index is 618. The highest BCUT2D eigenvalue weighted by Crippen LogP contribution is 2.33. The van der Waals surface area contributed by atoms with E-state index in [1.807, 2.05) is 0 Å². The van der Waals surface area contributed by atoms with Crippen molar-refractivity contribution in [3.8, 4) is 5.75 Å². The zero-order valence-electron chi connectivity index (χ0n) is 10.8. The van der Waals surface area contributed by atoms with E-state index in [1.54, 1.807) is 6.92 Å². The number of halogens is 2. The monoisotopic (exact) mass is 280 g/mol. The maximum absolute atomic E-state index is 13.9. The molecule has 0 amide bonds. The predicted molar refractivity (Wildman–Crippen MR) is 69.2 cm³/mol. The minimum absolute atomic E-state index is 0.138. The Balaban J connectivity index is 2.47. The summed E-state index contributed by atoms with van der Waals surface area (Å²) in [6.07, 6.45) is -1.49. The molecule has 106 valence electrons. The van der Waals surface area contributed by atoms with Gasteiger partial charge in [-0.2, -0.15) is 0 Å². The quantitative estimate of drug-likeness (QED) is 0.809. The van der Waals surface area contributed by atoms with E-state index in [-0.39, 0.29) is 16.7 Å². The third-order valence-electron chi connectivity index (χ3n) is 3.14. The minimum Gasteiger partial charge on any atom is -0.507 e. The molecule has 2 aromatic rings. The van der Waals surface area contributed by atoms with Crippen LogP contribution >= 0.6 is 0 Å². The minimum atomic E-state index is -1.49. The Labute approximate surface area is 114 Å². The molecule has 20 heavy (non-hydrogen) atoms. The molecule has 0 aliphatic carbocycles. The topological polar surface area (TPSA) is 60.7 Å². The summed E-state index contributed by atoms with van der Waals surface area (Å²) < 4.78 is 27.4. The van der Waals surface area contributed by atoms with E-state index in [2.05, 4.69) is 0 Å². The molecule has 0 heterocycles. The summed E-state index contributed by atoms with van der Waals surface area (Å²) in [5, 5.41) is 28.8. The van der Waals surface area contributed by atoms with Gasteiger partial charge in [0.1, 0.15) is 23.5 Å². The van der Waals surface area contributed by atoms with Crippen molar-refractivity contribution >= 4 is 0 Å². The first-order chi connectivity index (χ1) is 9.43. The first kappa shape index (κ1) is 14.4. The van der Waals surface area contributed by atoms with E-state index < -0.39 is 30.1 Å². The van der Waals surface area contributed by atoms with Gasteiger partial charge in [0.2, 0.25) is 0 Å². The summed E-state index contributed by atoms with van der Waals surface area (Å²) >= 11 is 0. The van der Waals surface area contributed by atoms with Crippen molar-refractivity contribution in [3.63, 3.8) is 0 Å². The number of aliphatic hydroxyl groups excluding tert-OH is 2. The molecule has 2 rings (SSSR count). The van der Waals surface area contributed by atoms with Crippen molar-refractivity contribution in [2.45, 2.75) is 19.6 Å². The summed E-state index contributed by atoms with van der Waals surface area (Å²) in [6, 6.07) is 6.20.